The number of hydrogen-bond donors (Lipinski definition) is 3. The number of nitrogens with zero attached hydrogens (tertiary/aromatic N) is 1. The number of aryl methyl sites for hydroxylation is 2. The van der Waals surface area contributed by atoms with Crippen LogP contribution in [0, 0.1) is 13.8 Å². The quantitative estimate of drug-likeness (QED) is 0.581. The number of hydrogen-bond acceptors (Lipinski definition) is 5. The number of aromatic amines is 1. The highest BCUT2D eigenvalue weighted by atomic mass is 16.5. The van der Waals surface area contributed by atoms with Crippen molar-refractivity contribution in [1.82, 2.24) is 9.55 Å². The van der Waals surface area contributed by atoms with E-state index in [2.05, 4.69) is 4.98 Å². The van der Waals surface area contributed by atoms with Crippen LogP contribution in [0.3, 0.4) is 0 Å². The molecule has 1 aliphatic rings. The van der Waals surface area contributed by atoms with Gasteiger partial charge in [0.15, 0.2) is 11.5 Å². The highest BCUT2D eigenvalue weighted by molar-refractivity contribution is 5.52. The van der Waals surface area contributed by atoms with Gasteiger partial charge >= 0.3 is 5.69 Å². The molecule has 0 bridgehead atoms. The summed E-state index contributed by atoms with van der Waals surface area (Å²) in [5.74, 6) is 0.793. The van der Waals surface area contributed by atoms with Crippen molar-refractivity contribution < 1.29 is 19.9 Å². The van der Waals surface area contributed by atoms with Crippen LogP contribution >= 0.6 is 0 Å². The largest absolute Gasteiger partial charge is 0.494 e. The van der Waals surface area contributed by atoms with Gasteiger partial charge in [0, 0.05) is 12.0 Å². The van der Waals surface area contributed by atoms with Crippen LogP contribution in [0.15, 0.2) is 39.9 Å². The van der Waals surface area contributed by atoms with Gasteiger partial charge < -0.3 is 19.9 Å². The van der Waals surface area contributed by atoms with Crippen LogP contribution in [0.25, 0.3) is 5.69 Å². The van der Waals surface area contributed by atoms with Gasteiger partial charge in [-0.2, -0.15) is 0 Å². The Labute approximate surface area is 179 Å². The van der Waals surface area contributed by atoms with Gasteiger partial charge in [-0.1, -0.05) is 6.07 Å². The second-order valence-electron chi connectivity index (χ2n) is 7.76. The molecule has 2 heterocycles. The van der Waals surface area contributed by atoms with Gasteiger partial charge in [0.2, 0.25) is 5.88 Å². The predicted octanol–water partition coefficient (Wildman–Crippen LogP) is 1.07. The molecule has 31 heavy (non-hydrogen) atoms. The van der Waals surface area contributed by atoms with Crippen LogP contribution in [0.5, 0.6) is 17.4 Å². The van der Waals surface area contributed by atoms with E-state index in [9.17, 15) is 14.7 Å². The molecule has 3 aromatic rings. The number of nitrogens with one attached hydrogen (secondary N) is 1. The molecule has 1 aliphatic heterocycles. The first-order chi connectivity index (χ1) is 14.8. The minimum Gasteiger partial charge on any atom is -0.494 e. The average molecular weight is 424 g/mol. The fourth-order valence-corrected chi connectivity index (χ4v) is 4.17. The molecule has 0 unspecified atom stereocenters. The second-order valence-corrected chi connectivity index (χ2v) is 7.76. The van der Waals surface area contributed by atoms with E-state index >= 15 is 0 Å². The number of quaternary nitrogens is 1. The Hall–Kier alpha value is -3.52. The molecular weight excluding hydrogens is 398 g/mol. The van der Waals surface area contributed by atoms with Gasteiger partial charge in [-0.25, -0.2) is 9.36 Å². The number of aromatic nitrogens is 2. The van der Waals surface area contributed by atoms with E-state index in [0.29, 0.717) is 17.2 Å². The van der Waals surface area contributed by atoms with Gasteiger partial charge in [0.25, 0.3) is 5.56 Å². The molecular formula is C23H26N3O5+. The zero-order chi connectivity index (χ0) is 22.3. The number of H-pyrrole nitrogens is 1. The number of rotatable bonds is 4. The summed E-state index contributed by atoms with van der Waals surface area (Å²) in [6, 6.07) is 8.67. The highest BCUT2D eigenvalue weighted by Gasteiger charge is 2.33. The van der Waals surface area contributed by atoms with E-state index < -0.39 is 17.3 Å². The molecule has 0 radical (unpaired) electrons. The van der Waals surface area contributed by atoms with Gasteiger partial charge in [-0.05, 0) is 54.8 Å². The molecule has 0 saturated heterocycles. The predicted molar refractivity (Wildman–Crippen MR) is 116 cm³/mol. The smallest absolute Gasteiger partial charge is 0.335 e. The third kappa shape index (κ3) is 3.48. The minimum atomic E-state index is -0.683. The van der Waals surface area contributed by atoms with E-state index in [0.717, 1.165) is 39.8 Å². The Bertz CT molecular complexity index is 1280. The Kier molecular flexibility index (Phi) is 5.32. The molecule has 162 valence electrons. The number of methoxy groups -OCH3 is 2. The van der Waals surface area contributed by atoms with Crippen molar-refractivity contribution in [3.63, 3.8) is 0 Å². The van der Waals surface area contributed by atoms with Crippen LogP contribution < -0.4 is 26.0 Å². The number of benzene rings is 2. The molecule has 2 aromatic carbocycles. The lowest BCUT2D eigenvalue weighted by atomic mass is 9.90. The lowest BCUT2D eigenvalue weighted by Crippen LogP contribution is -2.87. The van der Waals surface area contributed by atoms with Crippen molar-refractivity contribution >= 4 is 0 Å². The first-order valence-corrected chi connectivity index (χ1v) is 10.1. The van der Waals surface area contributed by atoms with Gasteiger partial charge in [-0.15, -0.1) is 0 Å². The number of fused-ring (bicyclic) bond motifs is 1. The molecule has 0 amide bonds. The molecule has 4 rings (SSSR count). The topological polar surface area (TPSA) is 110 Å². The Morgan fingerprint density at radius 3 is 2.45 bits per heavy atom. The maximum absolute atomic E-state index is 12.8. The zero-order valence-corrected chi connectivity index (χ0v) is 18.0. The standard InChI is InChI=1S/C23H25N3O5/c1-12-5-6-15(9-13(12)2)26-22(28)19(21(27)25-23(26)29)20-16-11-18(31-4)17(30-3)10-14(16)7-8-24-20/h5-6,9-11,20,24,28H,7-8H2,1-4H3,(H,25,27,29)/p+1/t20-/m0/s1. The summed E-state index contributed by atoms with van der Waals surface area (Å²) in [6.45, 7) is 4.61. The number of nitrogens with two attached hydrogens (primary N) is 1. The van der Waals surface area contributed by atoms with Crippen molar-refractivity contribution in [3.8, 4) is 23.1 Å². The summed E-state index contributed by atoms with van der Waals surface area (Å²) >= 11 is 0. The van der Waals surface area contributed by atoms with E-state index in [1.165, 1.54) is 0 Å². The Morgan fingerprint density at radius 2 is 1.77 bits per heavy atom. The summed E-state index contributed by atoms with van der Waals surface area (Å²) in [5.41, 5.74) is 3.23. The fourth-order valence-electron chi connectivity index (χ4n) is 4.17. The van der Waals surface area contributed by atoms with E-state index in [1.807, 2.05) is 43.4 Å². The second kappa shape index (κ2) is 7.96. The summed E-state index contributed by atoms with van der Waals surface area (Å²) in [7, 11) is 3.13. The van der Waals surface area contributed by atoms with E-state index in [-0.39, 0.29) is 11.4 Å². The maximum Gasteiger partial charge on any atom is 0.335 e. The normalized spacial score (nSPS) is 15.4. The summed E-state index contributed by atoms with van der Waals surface area (Å²) in [5, 5.41) is 13.1. The SMILES string of the molecule is COc1cc2c(cc1OC)[C@@H](c1c(O)n(-c3ccc(C)c(C)c3)c(=O)[nH]c1=O)[NH2+]CC2. The summed E-state index contributed by atoms with van der Waals surface area (Å²) in [6.07, 6.45) is 0.779. The average Bonchev–Trinajstić information content (AvgIpc) is 2.75. The molecule has 0 saturated carbocycles. The van der Waals surface area contributed by atoms with Gasteiger partial charge in [-0.3, -0.25) is 9.78 Å². The van der Waals surface area contributed by atoms with Crippen molar-refractivity contribution in [3.05, 3.63) is 79.0 Å². The van der Waals surface area contributed by atoms with E-state index in [1.54, 1.807) is 20.3 Å². The fraction of sp³-hybridized carbons (Fsp3) is 0.304. The summed E-state index contributed by atoms with van der Waals surface area (Å²) in [4.78, 5) is 27.8. The van der Waals surface area contributed by atoms with Crippen LogP contribution in [-0.2, 0) is 6.42 Å². The summed E-state index contributed by atoms with van der Waals surface area (Å²) < 4.78 is 12.0. The van der Waals surface area contributed by atoms with Crippen molar-refractivity contribution in [2.75, 3.05) is 20.8 Å². The molecule has 1 atom stereocenters. The molecule has 8 heteroatoms. The first kappa shape index (κ1) is 20.7. The third-order valence-electron chi connectivity index (χ3n) is 5.98. The molecule has 8 nitrogen and oxygen atoms in total. The molecule has 4 N–H and O–H groups in total. The monoisotopic (exact) mass is 424 g/mol. The van der Waals surface area contributed by atoms with Gasteiger partial charge in [0.05, 0.1) is 26.5 Å². The molecule has 0 fully saturated rings. The first-order valence-electron chi connectivity index (χ1n) is 10.1. The van der Waals surface area contributed by atoms with Crippen molar-refractivity contribution in [2.45, 2.75) is 26.3 Å². The Balaban J connectivity index is 1.94. The van der Waals surface area contributed by atoms with Crippen LogP contribution in [0.1, 0.15) is 33.9 Å². The molecule has 0 aliphatic carbocycles. The third-order valence-corrected chi connectivity index (χ3v) is 5.98. The zero-order valence-electron chi connectivity index (χ0n) is 18.0. The van der Waals surface area contributed by atoms with Crippen molar-refractivity contribution in [1.29, 1.82) is 0 Å². The van der Waals surface area contributed by atoms with Crippen molar-refractivity contribution in [2.24, 2.45) is 0 Å². The van der Waals surface area contributed by atoms with E-state index in [4.69, 9.17) is 9.47 Å². The van der Waals surface area contributed by atoms with Crippen LogP contribution in [0.4, 0.5) is 0 Å². The lowest BCUT2D eigenvalue weighted by Gasteiger charge is -2.26. The molecule has 1 aromatic heterocycles. The Morgan fingerprint density at radius 1 is 1.06 bits per heavy atom. The number of aromatic hydroxyl groups is 1. The molecule has 0 spiro atoms. The minimum absolute atomic E-state index is 0.131. The highest BCUT2D eigenvalue weighted by Crippen LogP contribution is 2.36. The van der Waals surface area contributed by atoms with Crippen LogP contribution in [-0.4, -0.2) is 35.4 Å². The lowest BCUT2D eigenvalue weighted by molar-refractivity contribution is -0.690. The van der Waals surface area contributed by atoms with Gasteiger partial charge in [0.1, 0.15) is 11.6 Å². The van der Waals surface area contributed by atoms with Crippen LogP contribution in [0.2, 0.25) is 0 Å². The maximum atomic E-state index is 12.8. The number of ether oxygens (including phenoxy) is 2.